The van der Waals surface area contributed by atoms with E-state index in [0.717, 1.165) is 23.0 Å². The zero-order valence-corrected chi connectivity index (χ0v) is 13.2. The lowest BCUT2D eigenvalue weighted by Crippen LogP contribution is -2.12. The number of benzene rings is 1. The minimum Gasteiger partial charge on any atom is -0.333 e. The number of fused-ring (bicyclic) bond motifs is 1. The Morgan fingerprint density at radius 2 is 1.80 bits per heavy atom. The van der Waals surface area contributed by atoms with Crippen LogP contribution in [-0.4, -0.2) is 29.8 Å². The number of hydrogen-bond donors (Lipinski definition) is 1. The molecule has 0 radical (unpaired) electrons. The summed E-state index contributed by atoms with van der Waals surface area (Å²) in [5.41, 5.74) is 1.80. The summed E-state index contributed by atoms with van der Waals surface area (Å²) in [7, 11) is 0. The van der Waals surface area contributed by atoms with Gasteiger partial charge in [-0.05, 0) is 29.5 Å². The number of aromatic nitrogens is 6. The molecule has 0 aliphatic rings. The number of rotatable bonds is 3. The van der Waals surface area contributed by atoms with E-state index in [-0.39, 0.29) is 5.65 Å². The van der Waals surface area contributed by atoms with Gasteiger partial charge in [0.15, 0.2) is 10.8 Å². The van der Waals surface area contributed by atoms with E-state index in [1.54, 1.807) is 12.3 Å². The Morgan fingerprint density at radius 1 is 1.00 bits per heavy atom. The van der Waals surface area contributed by atoms with E-state index in [0.29, 0.717) is 14.7 Å². The molecule has 10 heteroatoms. The van der Waals surface area contributed by atoms with Gasteiger partial charge >= 0.3 is 6.18 Å². The van der Waals surface area contributed by atoms with Crippen molar-refractivity contribution in [1.29, 1.82) is 0 Å². The average molecular weight is 362 g/mol. The molecule has 3 aromatic heterocycles. The molecule has 126 valence electrons. The number of nitrogens with one attached hydrogen (secondary N) is 1. The molecule has 1 N–H and O–H groups in total. The predicted octanol–water partition coefficient (Wildman–Crippen LogP) is 3.68. The molecule has 0 spiro atoms. The average Bonchev–Trinajstić information content (AvgIpc) is 3.22. The molecule has 0 saturated heterocycles. The maximum Gasteiger partial charge on any atom is 0.453 e. The van der Waals surface area contributed by atoms with Gasteiger partial charge in [0, 0.05) is 0 Å². The maximum absolute atomic E-state index is 12.9. The van der Waals surface area contributed by atoms with Crippen molar-refractivity contribution in [2.75, 3.05) is 0 Å². The number of hydrogen-bond acceptors (Lipinski definition) is 5. The topological polar surface area (TPSA) is 71.8 Å². The molecule has 0 unspecified atom stereocenters. The van der Waals surface area contributed by atoms with Crippen molar-refractivity contribution < 1.29 is 13.2 Å². The van der Waals surface area contributed by atoms with Crippen molar-refractivity contribution in [3.05, 3.63) is 54.5 Å². The summed E-state index contributed by atoms with van der Waals surface area (Å²) >= 11 is 1.12. The van der Waals surface area contributed by atoms with Crippen LogP contribution in [0.2, 0.25) is 0 Å². The van der Waals surface area contributed by atoms with Crippen molar-refractivity contribution in [3.8, 4) is 11.3 Å². The van der Waals surface area contributed by atoms with Gasteiger partial charge < -0.3 is 4.98 Å². The lowest BCUT2D eigenvalue weighted by molar-refractivity contribution is -0.146. The highest BCUT2D eigenvalue weighted by atomic mass is 32.2. The molecule has 0 amide bonds. The summed E-state index contributed by atoms with van der Waals surface area (Å²) in [6.45, 7) is 0. The van der Waals surface area contributed by atoms with Crippen LogP contribution in [0.15, 0.2) is 58.8 Å². The Labute approximate surface area is 143 Å². The minimum atomic E-state index is -4.62. The van der Waals surface area contributed by atoms with E-state index in [1.165, 1.54) is 6.07 Å². The lowest BCUT2D eigenvalue weighted by Gasteiger charge is -2.04. The van der Waals surface area contributed by atoms with Gasteiger partial charge in [0.1, 0.15) is 5.03 Å². The van der Waals surface area contributed by atoms with Crippen LogP contribution in [0.1, 0.15) is 5.82 Å². The molecule has 0 saturated carbocycles. The fourth-order valence-corrected chi connectivity index (χ4v) is 2.94. The summed E-state index contributed by atoms with van der Waals surface area (Å²) in [4.78, 5) is 7.35. The second-order valence-electron chi connectivity index (χ2n) is 5.03. The Morgan fingerprint density at radius 3 is 2.56 bits per heavy atom. The van der Waals surface area contributed by atoms with E-state index >= 15 is 0 Å². The van der Waals surface area contributed by atoms with E-state index < -0.39 is 12.0 Å². The fraction of sp³-hybridized carbons (Fsp3) is 0.0667. The van der Waals surface area contributed by atoms with Gasteiger partial charge in [-0.25, -0.2) is 4.98 Å². The number of aromatic amines is 1. The highest BCUT2D eigenvalue weighted by Crippen LogP contribution is 2.29. The molecule has 1 aromatic carbocycles. The third kappa shape index (κ3) is 3.07. The van der Waals surface area contributed by atoms with Crippen LogP contribution < -0.4 is 0 Å². The first-order valence-electron chi connectivity index (χ1n) is 7.09. The van der Waals surface area contributed by atoms with E-state index in [1.807, 2.05) is 30.3 Å². The van der Waals surface area contributed by atoms with E-state index in [9.17, 15) is 13.2 Å². The van der Waals surface area contributed by atoms with Gasteiger partial charge in [0.25, 0.3) is 5.82 Å². The second-order valence-corrected chi connectivity index (χ2v) is 6.04. The minimum absolute atomic E-state index is 0.0288. The van der Waals surface area contributed by atoms with Crippen molar-refractivity contribution in [2.24, 2.45) is 0 Å². The number of alkyl halides is 3. The quantitative estimate of drug-likeness (QED) is 0.602. The van der Waals surface area contributed by atoms with Crippen molar-refractivity contribution in [2.45, 2.75) is 16.4 Å². The molecule has 6 nitrogen and oxygen atoms in total. The van der Waals surface area contributed by atoms with Crippen LogP contribution in [0.4, 0.5) is 13.2 Å². The van der Waals surface area contributed by atoms with Gasteiger partial charge in [-0.3, -0.25) is 0 Å². The smallest absolute Gasteiger partial charge is 0.333 e. The Bertz CT molecular complexity index is 1020. The number of nitrogens with zero attached hydrogens (tertiary/aromatic N) is 5. The van der Waals surface area contributed by atoms with Gasteiger partial charge in [-0.1, -0.05) is 30.3 Å². The molecule has 3 heterocycles. The van der Waals surface area contributed by atoms with Gasteiger partial charge in [0.2, 0.25) is 0 Å². The third-order valence-electron chi connectivity index (χ3n) is 3.33. The first kappa shape index (κ1) is 15.6. The fourth-order valence-electron chi connectivity index (χ4n) is 2.22. The summed E-state index contributed by atoms with van der Waals surface area (Å²) in [6, 6.07) is 12.6. The standard InChI is InChI=1S/C15H9F3N6S/c16-15(17,18)13-22-21-11-6-7-12(23-24(11)13)25-14-19-8-10(20-14)9-4-2-1-3-5-9/h1-8H,(H,19,20). The monoisotopic (exact) mass is 362 g/mol. The molecule has 0 aliphatic carbocycles. The lowest BCUT2D eigenvalue weighted by atomic mass is 10.2. The largest absolute Gasteiger partial charge is 0.453 e. The third-order valence-corrected chi connectivity index (χ3v) is 4.16. The molecule has 4 rings (SSSR count). The summed E-state index contributed by atoms with van der Waals surface area (Å²) in [5.74, 6) is -1.16. The SMILES string of the molecule is FC(F)(F)c1nnc2ccc(Sc3ncc(-c4ccccc4)[nH]3)nn12. The van der Waals surface area contributed by atoms with E-state index in [4.69, 9.17) is 0 Å². The molecular formula is C15H9F3N6S. The van der Waals surface area contributed by atoms with Crippen LogP contribution in [0.5, 0.6) is 0 Å². The maximum atomic E-state index is 12.9. The van der Waals surface area contributed by atoms with Crippen LogP contribution in [-0.2, 0) is 6.18 Å². The molecule has 4 aromatic rings. The van der Waals surface area contributed by atoms with Crippen molar-refractivity contribution in [1.82, 2.24) is 29.8 Å². The van der Waals surface area contributed by atoms with Gasteiger partial charge in [-0.2, -0.15) is 22.8 Å². The van der Waals surface area contributed by atoms with Crippen LogP contribution in [0.25, 0.3) is 16.9 Å². The molecule has 25 heavy (non-hydrogen) atoms. The normalized spacial score (nSPS) is 12.0. The van der Waals surface area contributed by atoms with E-state index in [2.05, 4.69) is 25.3 Å². The summed E-state index contributed by atoms with van der Waals surface area (Å²) in [5, 5.41) is 11.4. The van der Waals surface area contributed by atoms with Gasteiger partial charge in [0.05, 0.1) is 11.9 Å². The Kier molecular flexibility index (Phi) is 3.68. The number of imidazole rings is 1. The molecular weight excluding hydrogens is 353 g/mol. The van der Waals surface area contributed by atoms with Crippen LogP contribution in [0.3, 0.4) is 0 Å². The molecule has 0 fully saturated rings. The van der Waals surface area contributed by atoms with Crippen molar-refractivity contribution in [3.63, 3.8) is 0 Å². The Balaban J connectivity index is 1.64. The summed E-state index contributed by atoms with van der Waals surface area (Å²) in [6.07, 6.45) is -2.96. The highest BCUT2D eigenvalue weighted by Gasteiger charge is 2.37. The number of H-pyrrole nitrogens is 1. The summed E-state index contributed by atoms with van der Waals surface area (Å²) < 4.78 is 39.4. The van der Waals surface area contributed by atoms with Crippen LogP contribution >= 0.6 is 11.8 Å². The van der Waals surface area contributed by atoms with Crippen molar-refractivity contribution >= 4 is 17.4 Å². The number of halogens is 3. The highest BCUT2D eigenvalue weighted by molar-refractivity contribution is 7.99. The zero-order valence-electron chi connectivity index (χ0n) is 12.4. The second kappa shape index (κ2) is 5.88. The molecule has 0 aliphatic heterocycles. The first-order valence-corrected chi connectivity index (χ1v) is 7.90. The molecule has 0 atom stereocenters. The predicted molar refractivity (Wildman–Crippen MR) is 83.9 cm³/mol. The molecule has 0 bridgehead atoms. The first-order chi connectivity index (χ1) is 12.0. The van der Waals surface area contributed by atoms with Crippen LogP contribution in [0, 0.1) is 0 Å². The zero-order chi connectivity index (χ0) is 17.4. The van der Waals surface area contributed by atoms with Gasteiger partial charge in [-0.15, -0.1) is 10.2 Å². The Hall–Kier alpha value is -2.88.